The van der Waals surface area contributed by atoms with Crippen molar-refractivity contribution >= 4 is 141 Å². The largest absolute Gasteiger partial charge is 0.520 e. The Kier molecular flexibility index (Phi) is 18.4. The molecule has 8 aromatic carbocycles. The van der Waals surface area contributed by atoms with Crippen LogP contribution in [0, 0.1) is 0 Å². The monoisotopic (exact) mass is 1370 g/mol. The van der Waals surface area contributed by atoms with Crippen LogP contribution >= 0.6 is 0 Å². The van der Waals surface area contributed by atoms with E-state index in [1.165, 1.54) is 0 Å². The number of hydrogen-bond donors (Lipinski definition) is 3. The highest BCUT2D eigenvalue weighted by molar-refractivity contribution is 7.10. The van der Waals surface area contributed by atoms with Crippen LogP contribution in [0.3, 0.4) is 0 Å². The van der Waals surface area contributed by atoms with E-state index >= 15 is 0 Å². The highest BCUT2D eigenvalue weighted by atomic mass is 28.6. The Morgan fingerprint density at radius 2 is 0.494 bits per heavy atom. The fourth-order valence-electron chi connectivity index (χ4n) is 11.5. The van der Waals surface area contributed by atoms with E-state index < -0.39 is 99.3 Å². The zero-order valence-electron chi connectivity index (χ0n) is 49.2. The molecule has 0 aliphatic carbocycles. The minimum Gasteiger partial charge on any atom is -0.481 e. The van der Waals surface area contributed by atoms with E-state index in [9.17, 15) is 24.6 Å². The Morgan fingerprint density at radius 3 is 0.742 bits per heavy atom. The molecule has 4 aliphatic heterocycles. The van der Waals surface area contributed by atoms with Gasteiger partial charge in [-0.3, -0.25) is 9.59 Å². The SMILES string of the molecule is C[Si]1(CCCCC(=O)O)O[Si]2(c3ccccc3)O[Si](C)(c3ccccc3)O[Si]3(c4ccccc4)O[Si](C)(CCCCC(=O)O)O[Si]4(c5ccccc5)O[Si](O)(c5ccccc5)O[Si](c5ccccc5)(O1)O[Si](c1ccccc1)(O4)O[Si](c1ccccc1)(O2)O3. The zero-order chi connectivity index (χ0) is 61.9. The topological polar surface area (TPSA) is 215 Å². The lowest BCUT2D eigenvalue weighted by Gasteiger charge is -2.58. The Balaban J connectivity index is 1.31. The van der Waals surface area contributed by atoms with Gasteiger partial charge in [-0.05, 0) is 49.8 Å². The number of hydrogen-bond acceptors (Lipinski definition) is 16. The first kappa shape index (κ1) is 63.5. The lowest BCUT2D eigenvalue weighted by Crippen LogP contribution is -2.90. The number of benzene rings is 8. The molecule has 6 atom stereocenters. The van der Waals surface area contributed by atoms with Crippen LogP contribution in [0.4, 0.5) is 0 Å². The summed E-state index contributed by atoms with van der Waals surface area (Å²) < 4.78 is 107. The lowest BCUT2D eigenvalue weighted by molar-refractivity contribution is -0.138. The molecule has 460 valence electrons. The van der Waals surface area contributed by atoms with Gasteiger partial charge in [0.2, 0.25) is 0 Å². The molecule has 28 heteroatoms. The third-order valence-electron chi connectivity index (χ3n) is 15.7. The maximum atomic E-state index is 14.6. The summed E-state index contributed by atoms with van der Waals surface area (Å²) in [5.41, 5.74) is 0. The molecule has 8 aromatic rings. The Morgan fingerprint density at radius 1 is 0.281 bits per heavy atom. The van der Waals surface area contributed by atoms with Crippen molar-refractivity contribution in [3.8, 4) is 0 Å². The number of carboxylic acid groups (broad SMARTS) is 2. The summed E-state index contributed by atoms with van der Waals surface area (Å²) in [5, 5.41) is 23.7. The summed E-state index contributed by atoms with van der Waals surface area (Å²) in [6.45, 7) is 5.67. The highest BCUT2D eigenvalue weighted by Crippen LogP contribution is 2.45. The summed E-state index contributed by atoms with van der Waals surface area (Å²) in [6, 6.07) is 74.2. The molecule has 0 saturated carbocycles. The van der Waals surface area contributed by atoms with Crippen molar-refractivity contribution in [2.75, 3.05) is 0 Å². The summed E-state index contributed by atoms with van der Waals surface area (Å²) in [6.07, 6.45) is 0.682. The molecule has 4 fully saturated rings. The van der Waals surface area contributed by atoms with Gasteiger partial charge < -0.3 is 68.5 Å². The highest BCUT2D eigenvalue weighted by Gasteiger charge is 2.80. The number of fused-ring (bicyclic) bond motifs is 4. The van der Waals surface area contributed by atoms with Crippen LogP contribution in [0.15, 0.2) is 243 Å². The second-order valence-corrected chi connectivity index (χ2v) is 53.1. The quantitative estimate of drug-likeness (QED) is 0.0683. The fraction of sp³-hybridized carbons (Fsp3) is 0.180. The van der Waals surface area contributed by atoms with Crippen LogP contribution in [-0.4, -0.2) is 114 Å². The molecule has 0 amide bonds. The van der Waals surface area contributed by atoms with Crippen LogP contribution in [0.1, 0.15) is 38.5 Å². The number of carboxylic acids is 2. The summed E-state index contributed by atoms with van der Waals surface area (Å²) in [7, 11) is -49.6. The van der Waals surface area contributed by atoms with Crippen molar-refractivity contribution in [2.24, 2.45) is 0 Å². The minimum absolute atomic E-state index is 0.103. The first-order valence-corrected chi connectivity index (χ1v) is 49.1. The first-order valence-electron chi connectivity index (χ1n) is 29.6. The van der Waals surface area contributed by atoms with Crippen LogP contribution in [0.25, 0.3) is 0 Å². The van der Waals surface area contributed by atoms with Gasteiger partial charge in [-0.25, -0.2) is 0 Å². The minimum atomic E-state index is -5.39. The first-order chi connectivity index (χ1) is 42.9. The van der Waals surface area contributed by atoms with Crippen molar-refractivity contribution < 1.29 is 78.1 Å². The predicted molar refractivity (Wildman–Crippen MR) is 353 cm³/mol. The molecule has 3 N–H and O–H groups in total. The van der Waals surface area contributed by atoms with Gasteiger partial charge in [-0.15, -0.1) is 0 Å². The Hall–Kier alpha value is -5.69. The number of carbonyl (C=O) groups is 2. The van der Waals surface area contributed by atoms with Crippen LogP contribution in [0.5, 0.6) is 0 Å². The summed E-state index contributed by atoms with van der Waals surface area (Å²) in [5.74, 6) is -1.95. The van der Waals surface area contributed by atoms with E-state index in [0.717, 1.165) is 0 Å². The van der Waals surface area contributed by atoms with Crippen molar-refractivity contribution in [1.29, 1.82) is 0 Å². The van der Waals surface area contributed by atoms with Crippen LogP contribution in [-0.2, 0) is 63.1 Å². The van der Waals surface area contributed by atoms with E-state index in [2.05, 4.69) is 0 Å². The number of unbranched alkanes of at least 4 members (excludes halogenated alkanes) is 2. The van der Waals surface area contributed by atoms with Gasteiger partial charge in [0.25, 0.3) is 0 Å². The van der Waals surface area contributed by atoms with Crippen LogP contribution in [0.2, 0.25) is 31.7 Å². The number of rotatable bonds is 18. The average molecular weight is 1370 g/mol. The second-order valence-electron chi connectivity index (χ2n) is 22.6. The Bertz CT molecular complexity index is 3340. The van der Waals surface area contributed by atoms with Gasteiger partial charge >= 0.3 is 99.3 Å². The molecule has 4 aliphatic rings. The molecule has 0 radical (unpaired) electrons. The van der Waals surface area contributed by atoms with Crippen LogP contribution < -0.4 is 41.5 Å². The molecule has 12 rings (SSSR count). The van der Waals surface area contributed by atoms with Gasteiger partial charge in [0.05, 0.1) is 0 Å². The summed E-state index contributed by atoms with van der Waals surface area (Å²) in [4.78, 5) is 39.4. The van der Waals surface area contributed by atoms with E-state index in [1.54, 1.807) is 24.3 Å². The zero-order valence-corrected chi connectivity index (χ0v) is 59.2. The van der Waals surface area contributed by atoms with E-state index in [-0.39, 0.29) is 55.8 Å². The van der Waals surface area contributed by atoms with Crippen molar-refractivity contribution in [3.63, 3.8) is 0 Å². The maximum Gasteiger partial charge on any atom is 0.520 e. The number of aliphatic carboxylic acids is 2. The molecule has 4 heterocycles. The molecular weight excluding hydrogens is 1300 g/mol. The molecule has 4 saturated heterocycles. The van der Waals surface area contributed by atoms with E-state index in [1.807, 2.05) is 238 Å². The van der Waals surface area contributed by atoms with Crippen molar-refractivity contribution in [3.05, 3.63) is 243 Å². The Labute approximate surface area is 528 Å². The third kappa shape index (κ3) is 13.2. The van der Waals surface area contributed by atoms with Gasteiger partial charge in [0, 0.05) is 49.1 Å². The maximum absolute atomic E-state index is 14.6. The second kappa shape index (κ2) is 25.8. The fourth-order valence-corrected chi connectivity index (χ4v) is 65.5. The molecule has 6 bridgehead atoms. The van der Waals surface area contributed by atoms with Gasteiger partial charge in [-0.1, -0.05) is 255 Å². The average Bonchev–Trinajstić information content (AvgIpc) is 0.718. The predicted octanol–water partition coefficient (Wildman–Crippen LogP) is 5.80. The van der Waals surface area contributed by atoms with Crippen molar-refractivity contribution in [1.82, 2.24) is 0 Å². The van der Waals surface area contributed by atoms with Crippen molar-refractivity contribution in [2.45, 2.75) is 70.3 Å². The summed E-state index contributed by atoms with van der Waals surface area (Å²) >= 11 is 0. The standard InChI is InChI=1S/C61H68O18Si10/c1-80(50-30-28-48-60(62)63)67-84(54-36-16-6-17-37-54)71-82(3,52-32-12-4-13-33-52)72-85(55-38-18-7-19-39-55)68-81(2,51-31-29-49-61(64)65)70-87(57-42-22-9-23-43-57)74-83(66,53-34-14-5-15-35-53)73-86(69-80,56-40-20-8-21-41-56)77-89(78-87,59-46-26-11-27-47-59)79-88(75-84,76-85)58-44-24-10-25-45-58/h4-27,32-47,66H,28-31,48-51H2,1-3H3,(H,62,63)(H,64,65). The molecule has 18 nitrogen and oxygen atoms in total. The smallest absolute Gasteiger partial charge is 0.481 e. The van der Waals surface area contributed by atoms with Gasteiger partial charge in [0.15, 0.2) is 0 Å². The lowest BCUT2D eigenvalue weighted by atomic mass is 10.2. The molecular formula is C61H68O18Si10. The van der Waals surface area contributed by atoms with Gasteiger partial charge in [0.1, 0.15) is 0 Å². The normalized spacial score (nSPS) is 32.0. The van der Waals surface area contributed by atoms with Gasteiger partial charge in [-0.2, -0.15) is 0 Å². The molecule has 0 spiro atoms. The van der Waals surface area contributed by atoms with E-state index in [4.69, 9.17) is 53.5 Å². The molecule has 0 aromatic heterocycles. The van der Waals surface area contributed by atoms with E-state index in [0.29, 0.717) is 36.3 Å². The molecule has 89 heavy (non-hydrogen) atoms. The molecule has 6 unspecified atom stereocenters. The third-order valence-corrected chi connectivity index (χ3v) is 58.5.